The minimum atomic E-state index is -0.718. The van der Waals surface area contributed by atoms with E-state index in [2.05, 4.69) is 0 Å². The summed E-state index contributed by atoms with van der Waals surface area (Å²) in [7, 11) is 1.37. The van der Waals surface area contributed by atoms with Crippen molar-refractivity contribution < 1.29 is 24.2 Å². The number of fused-ring (bicyclic) bond motifs is 1. The van der Waals surface area contributed by atoms with E-state index in [1.807, 2.05) is 26.0 Å². The molecule has 1 N–H and O–H groups in total. The summed E-state index contributed by atoms with van der Waals surface area (Å²) < 4.78 is 10.1. The fourth-order valence-electron chi connectivity index (χ4n) is 4.14. The minimum Gasteiger partial charge on any atom is -0.469 e. The lowest BCUT2D eigenvalue weighted by atomic mass is 9.57. The second-order valence-electron chi connectivity index (χ2n) is 6.79. The highest BCUT2D eigenvalue weighted by atomic mass is 16.5. The Morgan fingerprint density at radius 1 is 1.32 bits per heavy atom. The monoisotopic (exact) mass is 310 g/mol. The summed E-state index contributed by atoms with van der Waals surface area (Å²) in [6, 6.07) is 0. The van der Waals surface area contributed by atoms with Gasteiger partial charge in [-0.1, -0.05) is 19.1 Å². The maximum atomic E-state index is 12.3. The number of methoxy groups -OCH3 is 1. The Hall–Kier alpha value is -1.36. The molecule has 6 atom stereocenters. The fourth-order valence-corrected chi connectivity index (χ4v) is 4.14. The highest BCUT2D eigenvalue weighted by Gasteiger charge is 2.53. The van der Waals surface area contributed by atoms with Crippen molar-refractivity contribution in [2.45, 2.75) is 39.7 Å². The predicted octanol–water partition coefficient (Wildman–Crippen LogP) is 1.94. The highest BCUT2D eigenvalue weighted by Crippen LogP contribution is 2.50. The van der Waals surface area contributed by atoms with E-state index in [0.717, 1.165) is 0 Å². The van der Waals surface area contributed by atoms with Crippen molar-refractivity contribution in [1.82, 2.24) is 0 Å². The van der Waals surface area contributed by atoms with Gasteiger partial charge in [0.25, 0.3) is 0 Å². The minimum absolute atomic E-state index is 0.0153. The number of aliphatic hydroxyl groups excluding tert-OH is 1. The third kappa shape index (κ3) is 2.91. The largest absolute Gasteiger partial charge is 0.469 e. The van der Waals surface area contributed by atoms with Gasteiger partial charge in [0.2, 0.25) is 0 Å². The fraction of sp³-hybridized carbons (Fsp3) is 0.765. The van der Waals surface area contributed by atoms with Crippen molar-refractivity contribution >= 4 is 11.9 Å². The third-order valence-electron chi connectivity index (χ3n) is 5.16. The van der Waals surface area contributed by atoms with Crippen LogP contribution in [0.2, 0.25) is 0 Å². The Labute approximate surface area is 131 Å². The molecule has 0 amide bonds. The first kappa shape index (κ1) is 17.0. The number of carbonyl (C=O) groups excluding carboxylic acids is 2. The summed E-state index contributed by atoms with van der Waals surface area (Å²) in [6.45, 7) is 5.90. The zero-order valence-corrected chi connectivity index (χ0v) is 13.7. The lowest BCUT2D eigenvalue weighted by Crippen LogP contribution is -2.51. The maximum Gasteiger partial charge on any atom is 0.311 e. The van der Waals surface area contributed by atoms with Crippen molar-refractivity contribution in [3.05, 3.63) is 12.2 Å². The standard InChI is InChI=1S/C17H26O5/c1-5-22-15(19)13-10(2)6-7-11-8-17(3,16(20)21-4)9-12(18)14(11)13/h6-7,10-14,18H,5,8-9H2,1-4H3/t10-,11-,12-,13-,14+,17-/m0/s1. The Balaban J connectivity index is 2.28. The van der Waals surface area contributed by atoms with Crippen LogP contribution in [0.5, 0.6) is 0 Å². The first-order chi connectivity index (χ1) is 10.3. The van der Waals surface area contributed by atoms with Gasteiger partial charge in [-0.05, 0) is 38.5 Å². The van der Waals surface area contributed by atoms with Gasteiger partial charge in [-0.15, -0.1) is 0 Å². The summed E-state index contributed by atoms with van der Waals surface area (Å²) in [4.78, 5) is 24.3. The molecule has 2 aliphatic carbocycles. The Bertz CT molecular complexity index is 472. The van der Waals surface area contributed by atoms with Gasteiger partial charge < -0.3 is 14.6 Å². The molecule has 0 aromatic rings. The van der Waals surface area contributed by atoms with Gasteiger partial charge in [-0.25, -0.2) is 0 Å². The summed E-state index contributed by atoms with van der Waals surface area (Å²) >= 11 is 0. The molecule has 5 heteroatoms. The molecule has 0 unspecified atom stereocenters. The quantitative estimate of drug-likeness (QED) is 0.637. The number of hydrogen-bond donors (Lipinski definition) is 1. The normalized spacial score (nSPS) is 40.7. The number of allylic oxidation sites excluding steroid dienone is 2. The average molecular weight is 310 g/mol. The summed E-state index contributed by atoms with van der Waals surface area (Å²) in [6.07, 6.45) is 4.22. The molecule has 2 rings (SSSR count). The molecular weight excluding hydrogens is 284 g/mol. The summed E-state index contributed by atoms with van der Waals surface area (Å²) in [5.74, 6) is -1.10. The van der Waals surface area contributed by atoms with E-state index in [1.54, 1.807) is 6.92 Å². The lowest BCUT2D eigenvalue weighted by Gasteiger charge is -2.48. The van der Waals surface area contributed by atoms with Crippen LogP contribution in [0, 0.1) is 29.1 Å². The predicted molar refractivity (Wildman–Crippen MR) is 80.8 cm³/mol. The molecule has 0 aromatic carbocycles. The topological polar surface area (TPSA) is 72.8 Å². The molecular formula is C17H26O5. The van der Waals surface area contributed by atoms with Crippen molar-refractivity contribution in [3.63, 3.8) is 0 Å². The van der Waals surface area contributed by atoms with E-state index >= 15 is 0 Å². The molecule has 0 radical (unpaired) electrons. The summed E-state index contributed by atoms with van der Waals surface area (Å²) in [5, 5.41) is 10.6. The number of carbonyl (C=O) groups is 2. The molecule has 5 nitrogen and oxygen atoms in total. The van der Waals surface area contributed by atoms with Crippen LogP contribution in [0.1, 0.15) is 33.6 Å². The molecule has 1 fully saturated rings. The van der Waals surface area contributed by atoms with Gasteiger partial charge >= 0.3 is 11.9 Å². The lowest BCUT2D eigenvalue weighted by molar-refractivity contribution is -0.166. The van der Waals surface area contributed by atoms with E-state index in [1.165, 1.54) is 7.11 Å². The summed E-state index contributed by atoms with van der Waals surface area (Å²) in [5.41, 5.74) is -0.709. The van der Waals surface area contributed by atoms with Crippen LogP contribution in [0.15, 0.2) is 12.2 Å². The van der Waals surface area contributed by atoms with Gasteiger partial charge in [-0.3, -0.25) is 9.59 Å². The molecule has 2 aliphatic rings. The van der Waals surface area contributed by atoms with E-state index in [9.17, 15) is 14.7 Å². The number of hydrogen-bond acceptors (Lipinski definition) is 5. The average Bonchev–Trinajstić information content (AvgIpc) is 2.47. The van der Waals surface area contributed by atoms with Crippen molar-refractivity contribution in [3.8, 4) is 0 Å². The van der Waals surface area contributed by atoms with Gasteiger partial charge in [-0.2, -0.15) is 0 Å². The molecule has 0 bridgehead atoms. The van der Waals surface area contributed by atoms with Crippen molar-refractivity contribution in [2.24, 2.45) is 29.1 Å². The van der Waals surface area contributed by atoms with Gasteiger partial charge in [0.15, 0.2) is 0 Å². The van der Waals surface area contributed by atoms with Crippen LogP contribution in [-0.2, 0) is 19.1 Å². The Kier molecular flexibility index (Phi) is 4.95. The second-order valence-corrected chi connectivity index (χ2v) is 6.79. The first-order valence-corrected chi connectivity index (χ1v) is 7.95. The van der Waals surface area contributed by atoms with Gasteiger partial charge in [0.1, 0.15) is 0 Å². The molecule has 0 spiro atoms. The van der Waals surface area contributed by atoms with Crippen LogP contribution in [-0.4, -0.2) is 36.9 Å². The van der Waals surface area contributed by atoms with Gasteiger partial charge in [0, 0.05) is 5.92 Å². The first-order valence-electron chi connectivity index (χ1n) is 7.95. The van der Waals surface area contributed by atoms with Crippen LogP contribution >= 0.6 is 0 Å². The SMILES string of the molecule is CCOC(=O)[C@@H]1[C@H]2[C@@H](O)C[C@@](C)(C(=O)OC)C[C@@H]2C=C[C@@H]1C. The van der Waals surface area contributed by atoms with Crippen LogP contribution < -0.4 is 0 Å². The molecule has 0 saturated heterocycles. The highest BCUT2D eigenvalue weighted by molar-refractivity contribution is 5.77. The zero-order chi connectivity index (χ0) is 16.5. The third-order valence-corrected chi connectivity index (χ3v) is 5.16. The Morgan fingerprint density at radius 3 is 2.59 bits per heavy atom. The zero-order valence-electron chi connectivity index (χ0n) is 13.7. The number of ether oxygens (including phenoxy) is 2. The molecule has 0 aliphatic heterocycles. The second kappa shape index (κ2) is 6.41. The smallest absolute Gasteiger partial charge is 0.311 e. The van der Waals surface area contributed by atoms with E-state index in [4.69, 9.17) is 9.47 Å². The van der Waals surface area contributed by atoms with Crippen molar-refractivity contribution in [1.29, 1.82) is 0 Å². The molecule has 0 aromatic heterocycles. The van der Waals surface area contributed by atoms with E-state index in [0.29, 0.717) is 19.4 Å². The van der Waals surface area contributed by atoms with E-state index in [-0.39, 0.29) is 35.6 Å². The molecule has 0 heterocycles. The molecule has 1 saturated carbocycles. The number of aliphatic hydroxyl groups is 1. The molecule has 124 valence electrons. The molecule has 22 heavy (non-hydrogen) atoms. The van der Waals surface area contributed by atoms with Crippen LogP contribution in [0.4, 0.5) is 0 Å². The van der Waals surface area contributed by atoms with Crippen LogP contribution in [0.25, 0.3) is 0 Å². The number of rotatable bonds is 3. The van der Waals surface area contributed by atoms with Crippen LogP contribution in [0.3, 0.4) is 0 Å². The number of esters is 2. The maximum absolute atomic E-state index is 12.3. The van der Waals surface area contributed by atoms with E-state index < -0.39 is 11.5 Å². The van der Waals surface area contributed by atoms with Crippen molar-refractivity contribution in [2.75, 3.05) is 13.7 Å². The Morgan fingerprint density at radius 2 is 2.00 bits per heavy atom. The van der Waals surface area contributed by atoms with Gasteiger partial charge in [0.05, 0.1) is 31.2 Å².